The second kappa shape index (κ2) is 8.30. The van der Waals surface area contributed by atoms with Crippen molar-refractivity contribution in [3.63, 3.8) is 0 Å². The molecule has 8 nitrogen and oxygen atoms in total. The van der Waals surface area contributed by atoms with Gasteiger partial charge in [0.15, 0.2) is 5.09 Å². The van der Waals surface area contributed by atoms with Gasteiger partial charge in [-0.25, -0.2) is 13.3 Å². The number of halogens is 1. The monoisotopic (exact) mass is 494 g/mol. The molecule has 0 atom stereocenters. The summed E-state index contributed by atoms with van der Waals surface area (Å²) in [5.74, 6) is -0.642. The van der Waals surface area contributed by atoms with Gasteiger partial charge >= 0.3 is 0 Å². The van der Waals surface area contributed by atoms with Crippen LogP contribution in [0.5, 0.6) is 0 Å². The fourth-order valence-electron chi connectivity index (χ4n) is 2.62. The van der Waals surface area contributed by atoms with E-state index in [1.165, 1.54) is 31.7 Å². The number of sulfone groups is 1. The van der Waals surface area contributed by atoms with Crippen molar-refractivity contribution in [2.24, 2.45) is 9.39 Å². The molecule has 4 rings (SSSR count). The smallest absolute Gasteiger partial charge is 0.283 e. The first-order valence-corrected chi connectivity index (χ1v) is 12.4. The first kappa shape index (κ1) is 21.9. The van der Waals surface area contributed by atoms with Crippen molar-refractivity contribution in [3.05, 3.63) is 52.8 Å². The third-order valence-electron chi connectivity index (χ3n) is 4.29. The van der Waals surface area contributed by atoms with Gasteiger partial charge in [-0.05, 0) is 56.3 Å². The molecule has 2 aliphatic heterocycles. The molecule has 12 heteroatoms. The minimum atomic E-state index is -3.77. The highest BCUT2D eigenvalue weighted by molar-refractivity contribution is 8.16. The number of nitrogens with one attached hydrogen (secondary N) is 1. The molecule has 2 aliphatic rings. The number of amides is 1. The lowest BCUT2D eigenvalue weighted by molar-refractivity contribution is -0.114. The number of carbonyl (C=O) groups excluding carboxylic acids is 1. The molecule has 0 fully saturated rings. The highest BCUT2D eigenvalue weighted by Gasteiger charge is 2.43. The van der Waals surface area contributed by atoms with Crippen LogP contribution >= 0.6 is 35.3 Å². The van der Waals surface area contributed by atoms with E-state index in [1.54, 1.807) is 24.3 Å². The predicted octanol–water partition coefficient (Wildman–Crippen LogP) is 4.48. The van der Waals surface area contributed by atoms with Gasteiger partial charge in [-0.3, -0.25) is 10.2 Å². The summed E-state index contributed by atoms with van der Waals surface area (Å²) in [5.41, 5.74) is -0.0877. The number of hydrogen-bond acceptors (Lipinski definition) is 8. The lowest BCUT2D eigenvalue weighted by Crippen LogP contribution is -2.46. The SMILES string of the molecule is CC(C)S(=O)(=O)C1=NSC2=NC(=O)/C(=C\c3ccc(Sc4ccc(Cl)cc4)o3)C(=N)N21. The number of rotatable bonds is 4. The Hall–Kier alpha value is -2.34. The van der Waals surface area contributed by atoms with E-state index in [0.29, 0.717) is 15.9 Å². The quantitative estimate of drug-likeness (QED) is 0.491. The van der Waals surface area contributed by atoms with Gasteiger partial charge < -0.3 is 4.42 Å². The van der Waals surface area contributed by atoms with Crippen LogP contribution in [-0.2, 0) is 14.6 Å². The Morgan fingerprint density at radius 3 is 2.61 bits per heavy atom. The molecule has 0 unspecified atom stereocenters. The van der Waals surface area contributed by atoms with E-state index in [2.05, 4.69) is 9.39 Å². The Balaban J connectivity index is 1.61. The number of furan rings is 1. The number of aliphatic imine (C=N–C) groups is 1. The van der Waals surface area contributed by atoms with Gasteiger partial charge in [-0.15, -0.1) is 0 Å². The van der Waals surface area contributed by atoms with Gasteiger partial charge in [0.2, 0.25) is 20.2 Å². The minimum Gasteiger partial charge on any atom is -0.450 e. The van der Waals surface area contributed by atoms with E-state index in [0.717, 1.165) is 21.7 Å². The number of carbonyl (C=O) groups is 1. The van der Waals surface area contributed by atoms with E-state index < -0.39 is 21.0 Å². The van der Waals surface area contributed by atoms with E-state index in [-0.39, 0.29) is 21.7 Å². The number of fused-ring (bicyclic) bond motifs is 1. The zero-order valence-electron chi connectivity index (χ0n) is 16.2. The summed E-state index contributed by atoms with van der Waals surface area (Å²) in [7, 11) is -3.77. The van der Waals surface area contributed by atoms with Crippen molar-refractivity contribution in [2.75, 3.05) is 0 Å². The summed E-state index contributed by atoms with van der Waals surface area (Å²) in [6.07, 6.45) is 1.37. The molecule has 3 heterocycles. The maximum atomic E-state index is 12.6. The van der Waals surface area contributed by atoms with Gasteiger partial charge in [0.1, 0.15) is 11.6 Å². The van der Waals surface area contributed by atoms with Crippen LogP contribution in [0.2, 0.25) is 5.02 Å². The molecule has 0 spiro atoms. The van der Waals surface area contributed by atoms with Crippen molar-refractivity contribution in [3.8, 4) is 0 Å². The zero-order chi connectivity index (χ0) is 22.3. The van der Waals surface area contributed by atoms with E-state index >= 15 is 0 Å². The lowest BCUT2D eigenvalue weighted by atomic mass is 10.1. The molecule has 1 aromatic carbocycles. The number of amidine groups is 3. The molecule has 2 aromatic rings. The fourth-order valence-corrected chi connectivity index (χ4v) is 5.59. The standard InChI is InChI=1S/C19H15ClN4O4S3/c1-10(2)31(26,27)19-23-30-18-22-17(25)14(16(21)24(18)19)9-12-5-8-15(28-12)29-13-6-3-11(20)4-7-13/h3-10,21H,1-2H3/b14-9-,21-16?. The molecule has 1 N–H and O–H groups in total. The van der Waals surface area contributed by atoms with Crippen LogP contribution in [-0.4, -0.2) is 40.6 Å². The summed E-state index contributed by atoms with van der Waals surface area (Å²) in [5, 5.41) is 8.67. The zero-order valence-corrected chi connectivity index (χ0v) is 19.4. The Morgan fingerprint density at radius 1 is 1.23 bits per heavy atom. The molecular weight excluding hydrogens is 480 g/mol. The third-order valence-corrected chi connectivity index (χ3v) is 8.31. The highest BCUT2D eigenvalue weighted by Crippen LogP contribution is 2.33. The van der Waals surface area contributed by atoms with Crippen LogP contribution in [0.15, 0.2) is 65.8 Å². The van der Waals surface area contributed by atoms with Crippen LogP contribution in [0, 0.1) is 5.41 Å². The molecule has 31 heavy (non-hydrogen) atoms. The predicted molar refractivity (Wildman–Crippen MR) is 123 cm³/mol. The average Bonchev–Trinajstić information content (AvgIpc) is 3.34. The largest absolute Gasteiger partial charge is 0.450 e. The second-order valence-electron chi connectivity index (χ2n) is 6.71. The highest BCUT2D eigenvalue weighted by atomic mass is 35.5. The molecule has 0 bridgehead atoms. The van der Waals surface area contributed by atoms with Gasteiger partial charge in [0.25, 0.3) is 5.91 Å². The molecule has 0 saturated carbocycles. The van der Waals surface area contributed by atoms with Gasteiger partial charge in [-0.2, -0.15) is 9.39 Å². The Morgan fingerprint density at radius 2 is 1.94 bits per heavy atom. The van der Waals surface area contributed by atoms with Crippen molar-refractivity contribution in [1.82, 2.24) is 4.90 Å². The maximum absolute atomic E-state index is 12.6. The summed E-state index contributed by atoms with van der Waals surface area (Å²) in [4.78, 5) is 18.4. The van der Waals surface area contributed by atoms with Crippen molar-refractivity contribution in [1.29, 1.82) is 5.41 Å². The number of nitrogens with zero attached hydrogens (tertiary/aromatic N) is 3. The van der Waals surface area contributed by atoms with Gasteiger partial charge in [0, 0.05) is 9.92 Å². The van der Waals surface area contributed by atoms with Crippen LogP contribution in [0.4, 0.5) is 0 Å². The Labute approximate surface area is 192 Å². The van der Waals surface area contributed by atoms with Crippen molar-refractivity contribution < 1.29 is 17.6 Å². The van der Waals surface area contributed by atoms with Crippen molar-refractivity contribution in [2.45, 2.75) is 29.1 Å². The minimum absolute atomic E-state index is 0.0461. The van der Waals surface area contributed by atoms with Crippen LogP contribution in [0.25, 0.3) is 6.08 Å². The van der Waals surface area contributed by atoms with E-state index in [4.69, 9.17) is 21.4 Å². The van der Waals surface area contributed by atoms with Crippen LogP contribution < -0.4 is 0 Å². The third kappa shape index (κ3) is 4.22. The molecule has 160 valence electrons. The van der Waals surface area contributed by atoms with Gasteiger partial charge in [-0.1, -0.05) is 23.4 Å². The maximum Gasteiger partial charge on any atom is 0.283 e. The summed E-state index contributed by atoms with van der Waals surface area (Å²) in [6.45, 7) is 3.05. The molecule has 0 radical (unpaired) electrons. The van der Waals surface area contributed by atoms with E-state index in [1.807, 2.05) is 12.1 Å². The normalized spacial score (nSPS) is 17.9. The topological polar surface area (TPSA) is 116 Å². The lowest BCUT2D eigenvalue weighted by Gasteiger charge is -2.25. The molecule has 1 amide bonds. The summed E-state index contributed by atoms with van der Waals surface area (Å²) < 4.78 is 34.9. The van der Waals surface area contributed by atoms with Crippen molar-refractivity contribution >= 4 is 73.3 Å². The fraction of sp³-hybridized carbons (Fsp3) is 0.158. The van der Waals surface area contributed by atoms with Gasteiger partial charge in [0.05, 0.1) is 22.8 Å². The van der Waals surface area contributed by atoms with Crippen LogP contribution in [0.3, 0.4) is 0 Å². The first-order chi connectivity index (χ1) is 14.7. The average molecular weight is 495 g/mol. The molecule has 0 saturated heterocycles. The molecule has 1 aromatic heterocycles. The Bertz CT molecular complexity index is 1280. The first-order valence-electron chi connectivity index (χ1n) is 8.93. The van der Waals surface area contributed by atoms with Crippen LogP contribution in [0.1, 0.15) is 19.6 Å². The number of benzene rings is 1. The van der Waals surface area contributed by atoms with E-state index in [9.17, 15) is 13.2 Å². The second-order valence-corrected chi connectivity index (χ2v) is 11.4. The Kier molecular flexibility index (Phi) is 5.86. The summed E-state index contributed by atoms with van der Waals surface area (Å²) in [6, 6.07) is 10.6. The molecule has 0 aliphatic carbocycles. The number of hydrogen-bond donors (Lipinski definition) is 1. The molecular formula is C19H15ClN4O4S3. The summed E-state index contributed by atoms with van der Waals surface area (Å²) >= 11 is 8.02.